The third-order valence-electron chi connectivity index (χ3n) is 2.05. The summed E-state index contributed by atoms with van der Waals surface area (Å²) in [5, 5.41) is 4.45. The molecule has 0 radical (unpaired) electrons. The molecule has 0 bridgehead atoms. The molecule has 1 atom stereocenters. The number of nitrogens with one attached hydrogen (secondary N) is 1. The average Bonchev–Trinajstić information content (AvgIpc) is 2.75. The minimum atomic E-state index is -0.154. The fourth-order valence-corrected chi connectivity index (χ4v) is 2.16. The normalized spacial score (nSPS) is 12.7. The Morgan fingerprint density at radius 3 is 2.80 bits per heavy atom. The zero-order valence-electron chi connectivity index (χ0n) is 7.72. The Morgan fingerprint density at radius 1 is 1.40 bits per heavy atom. The number of halogens is 1. The van der Waals surface area contributed by atoms with E-state index >= 15 is 0 Å². The van der Waals surface area contributed by atoms with Crippen LogP contribution in [0.25, 0.3) is 0 Å². The van der Waals surface area contributed by atoms with Crippen molar-refractivity contribution in [1.29, 1.82) is 0 Å². The van der Waals surface area contributed by atoms with Gasteiger partial charge in [-0.15, -0.1) is 5.10 Å². The molecular weight excluding hydrogens is 232 g/mol. The van der Waals surface area contributed by atoms with Gasteiger partial charge in [-0.1, -0.05) is 34.3 Å². The van der Waals surface area contributed by atoms with Crippen LogP contribution in [-0.2, 0) is 0 Å². The number of nitrogens with two attached hydrogens (primary N) is 1. The van der Waals surface area contributed by atoms with E-state index in [1.807, 2.05) is 24.3 Å². The molecule has 6 heteroatoms. The summed E-state index contributed by atoms with van der Waals surface area (Å²) < 4.78 is 3.80. The number of hydrogen-bond donors (Lipinski definition) is 2. The molecule has 15 heavy (non-hydrogen) atoms. The highest BCUT2D eigenvalue weighted by atomic mass is 35.5. The van der Waals surface area contributed by atoms with Crippen LogP contribution in [0.5, 0.6) is 0 Å². The second-order valence-electron chi connectivity index (χ2n) is 2.94. The maximum Gasteiger partial charge on any atom is 0.0849 e. The van der Waals surface area contributed by atoms with E-state index in [0.717, 1.165) is 10.4 Å². The van der Waals surface area contributed by atoms with Crippen LogP contribution in [0.3, 0.4) is 0 Å². The summed E-state index contributed by atoms with van der Waals surface area (Å²) in [6.07, 6.45) is 1.68. The number of rotatable bonds is 3. The number of benzene rings is 1. The lowest BCUT2D eigenvalue weighted by atomic mass is 10.1. The van der Waals surface area contributed by atoms with Gasteiger partial charge in [0.25, 0.3) is 0 Å². The SMILES string of the molecule is NNC(c1cnns1)c1ccccc1Cl. The van der Waals surface area contributed by atoms with Crippen molar-refractivity contribution in [3.8, 4) is 0 Å². The van der Waals surface area contributed by atoms with Crippen LogP contribution in [0.15, 0.2) is 30.5 Å². The Labute approximate surface area is 96.2 Å². The zero-order valence-corrected chi connectivity index (χ0v) is 9.29. The summed E-state index contributed by atoms with van der Waals surface area (Å²) in [4.78, 5) is 0.936. The molecule has 78 valence electrons. The van der Waals surface area contributed by atoms with E-state index < -0.39 is 0 Å². The second-order valence-corrected chi connectivity index (χ2v) is 4.17. The van der Waals surface area contributed by atoms with Crippen molar-refractivity contribution in [3.05, 3.63) is 45.9 Å². The van der Waals surface area contributed by atoms with Gasteiger partial charge in [-0.3, -0.25) is 5.84 Å². The van der Waals surface area contributed by atoms with Gasteiger partial charge in [0.05, 0.1) is 17.1 Å². The molecule has 3 N–H and O–H groups in total. The monoisotopic (exact) mass is 240 g/mol. The number of aromatic nitrogens is 2. The topological polar surface area (TPSA) is 63.8 Å². The van der Waals surface area contributed by atoms with Gasteiger partial charge in [0.1, 0.15) is 0 Å². The van der Waals surface area contributed by atoms with Crippen molar-refractivity contribution in [2.45, 2.75) is 6.04 Å². The summed E-state index contributed by atoms with van der Waals surface area (Å²) in [7, 11) is 0. The summed E-state index contributed by atoms with van der Waals surface area (Å²) in [6, 6.07) is 7.39. The summed E-state index contributed by atoms with van der Waals surface area (Å²) in [5.74, 6) is 5.51. The third-order valence-corrected chi connectivity index (χ3v) is 3.12. The smallest absolute Gasteiger partial charge is 0.0849 e. The lowest BCUT2D eigenvalue weighted by Gasteiger charge is -2.14. The third kappa shape index (κ3) is 2.15. The zero-order chi connectivity index (χ0) is 10.7. The fraction of sp³-hybridized carbons (Fsp3) is 0.111. The van der Waals surface area contributed by atoms with Crippen LogP contribution in [0.2, 0.25) is 5.02 Å². The molecule has 1 aromatic heterocycles. The molecule has 0 amide bonds. The molecule has 0 fully saturated rings. The standard InChI is InChI=1S/C9H9ClN4S/c10-7-4-2-1-3-6(7)9(13-11)8-5-12-14-15-8/h1-5,9,13H,11H2. The van der Waals surface area contributed by atoms with E-state index in [-0.39, 0.29) is 6.04 Å². The summed E-state index contributed by atoms with van der Waals surface area (Å²) >= 11 is 7.38. The number of nitrogens with zero attached hydrogens (tertiary/aromatic N) is 2. The van der Waals surface area contributed by atoms with Crippen LogP contribution in [0.4, 0.5) is 0 Å². The molecule has 0 aliphatic rings. The molecule has 1 aromatic carbocycles. The van der Waals surface area contributed by atoms with Crippen LogP contribution < -0.4 is 11.3 Å². The first kappa shape index (κ1) is 10.5. The highest BCUT2D eigenvalue weighted by Crippen LogP contribution is 2.28. The Kier molecular flexibility index (Phi) is 3.27. The van der Waals surface area contributed by atoms with Crippen molar-refractivity contribution in [2.75, 3.05) is 0 Å². The van der Waals surface area contributed by atoms with Gasteiger partial charge in [-0.2, -0.15) is 0 Å². The van der Waals surface area contributed by atoms with E-state index in [9.17, 15) is 0 Å². The highest BCUT2D eigenvalue weighted by Gasteiger charge is 2.16. The van der Waals surface area contributed by atoms with Crippen molar-refractivity contribution in [2.24, 2.45) is 5.84 Å². The average molecular weight is 241 g/mol. The molecule has 1 unspecified atom stereocenters. The molecular formula is C9H9ClN4S. The van der Waals surface area contributed by atoms with Gasteiger partial charge in [-0.25, -0.2) is 5.43 Å². The minimum absolute atomic E-state index is 0.154. The summed E-state index contributed by atoms with van der Waals surface area (Å²) in [6.45, 7) is 0. The van der Waals surface area contributed by atoms with Crippen LogP contribution in [-0.4, -0.2) is 9.59 Å². The van der Waals surface area contributed by atoms with Gasteiger partial charge < -0.3 is 0 Å². The second kappa shape index (κ2) is 4.67. The van der Waals surface area contributed by atoms with E-state index in [1.165, 1.54) is 11.5 Å². The van der Waals surface area contributed by atoms with Crippen molar-refractivity contribution >= 4 is 23.1 Å². The Morgan fingerprint density at radius 2 is 2.20 bits per heavy atom. The van der Waals surface area contributed by atoms with Crippen molar-refractivity contribution in [3.63, 3.8) is 0 Å². The van der Waals surface area contributed by atoms with E-state index in [1.54, 1.807) is 6.20 Å². The Hall–Kier alpha value is -1.01. The van der Waals surface area contributed by atoms with Gasteiger partial charge >= 0.3 is 0 Å². The maximum atomic E-state index is 6.08. The Bertz CT molecular complexity index is 431. The molecule has 0 aliphatic carbocycles. The van der Waals surface area contributed by atoms with E-state index in [2.05, 4.69) is 15.0 Å². The largest absolute Gasteiger partial charge is 0.271 e. The molecule has 0 aliphatic heterocycles. The van der Waals surface area contributed by atoms with Gasteiger partial charge in [0.2, 0.25) is 0 Å². The first-order valence-corrected chi connectivity index (χ1v) is 5.46. The number of hydrazine groups is 1. The van der Waals surface area contributed by atoms with E-state index in [4.69, 9.17) is 17.4 Å². The molecule has 0 saturated heterocycles. The molecule has 1 heterocycles. The van der Waals surface area contributed by atoms with Gasteiger partial charge in [0, 0.05) is 5.02 Å². The lowest BCUT2D eigenvalue weighted by molar-refractivity contribution is 0.645. The predicted octanol–water partition coefficient (Wildman–Crippen LogP) is 1.74. The molecule has 4 nitrogen and oxygen atoms in total. The quantitative estimate of drug-likeness (QED) is 0.634. The van der Waals surface area contributed by atoms with E-state index in [0.29, 0.717) is 5.02 Å². The maximum absolute atomic E-state index is 6.08. The minimum Gasteiger partial charge on any atom is -0.271 e. The van der Waals surface area contributed by atoms with Crippen molar-refractivity contribution < 1.29 is 0 Å². The summed E-state index contributed by atoms with van der Waals surface area (Å²) in [5.41, 5.74) is 3.63. The molecule has 0 saturated carbocycles. The number of hydrogen-bond acceptors (Lipinski definition) is 5. The molecule has 2 aromatic rings. The van der Waals surface area contributed by atoms with Crippen LogP contribution >= 0.6 is 23.1 Å². The first-order valence-electron chi connectivity index (χ1n) is 4.30. The Balaban J connectivity index is 2.40. The predicted molar refractivity (Wildman–Crippen MR) is 60.5 cm³/mol. The fourth-order valence-electron chi connectivity index (χ4n) is 1.34. The van der Waals surface area contributed by atoms with Crippen molar-refractivity contribution in [1.82, 2.24) is 15.0 Å². The molecule has 0 spiro atoms. The van der Waals surface area contributed by atoms with Crippen LogP contribution in [0, 0.1) is 0 Å². The molecule has 2 rings (SSSR count). The first-order chi connectivity index (χ1) is 7.33. The highest BCUT2D eigenvalue weighted by molar-refractivity contribution is 7.05. The lowest BCUT2D eigenvalue weighted by Crippen LogP contribution is -2.28. The van der Waals surface area contributed by atoms with Crippen LogP contribution in [0.1, 0.15) is 16.5 Å². The van der Waals surface area contributed by atoms with Gasteiger partial charge in [-0.05, 0) is 23.2 Å². The van der Waals surface area contributed by atoms with Gasteiger partial charge in [0.15, 0.2) is 0 Å².